The van der Waals surface area contributed by atoms with Crippen molar-refractivity contribution in [3.63, 3.8) is 0 Å². The van der Waals surface area contributed by atoms with E-state index >= 15 is 0 Å². The molecule has 2 fully saturated rings. The number of para-hydroxylation sites is 1. The van der Waals surface area contributed by atoms with Crippen LogP contribution >= 0.6 is 0 Å². The highest BCUT2D eigenvalue weighted by Gasteiger charge is 2.31. The molecule has 176 valence electrons. The molecule has 0 spiro atoms. The first-order chi connectivity index (χ1) is 16.0. The van der Waals surface area contributed by atoms with Gasteiger partial charge in [0.05, 0.1) is 10.6 Å². The van der Waals surface area contributed by atoms with Crippen LogP contribution in [0.15, 0.2) is 53.4 Å². The number of anilines is 1. The van der Waals surface area contributed by atoms with E-state index in [1.165, 1.54) is 36.4 Å². The van der Waals surface area contributed by atoms with Crippen molar-refractivity contribution in [1.29, 1.82) is 0 Å². The molecule has 0 radical (unpaired) electrons. The minimum atomic E-state index is -3.71. The quantitative estimate of drug-likeness (QED) is 0.672. The highest BCUT2D eigenvalue weighted by atomic mass is 32.2. The Morgan fingerprint density at radius 1 is 0.879 bits per heavy atom. The number of benzene rings is 2. The van der Waals surface area contributed by atoms with E-state index in [2.05, 4.69) is 4.90 Å². The molecule has 2 aromatic carbocycles. The highest BCUT2D eigenvalue weighted by Crippen LogP contribution is 2.33. The van der Waals surface area contributed by atoms with Gasteiger partial charge in [-0.2, -0.15) is 0 Å². The van der Waals surface area contributed by atoms with Gasteiger partial charge in [0.25, 0.3) is 15.9 Å². The predicted molar refractivity (Wildman–Crippen MR) is 130 cm³/mol. The lowest BCUT2D eigenvalue weighted by Gasteiger charge is -2.37. The summed E-state index contributed by atoms with van der Waals surface area (Å²) < 4.78 is 28.2. The van der Waals surface area contributed by atoms with Crippen LogP contribution in [0, 0.1) is 5.92 Å². The molecule has 2 heterocycles. The summed E-state index contributed by atoms with van der Waals surface area (Å²) >= 11 is 0. The molecule has 33 heavy (non-hydrogen) atoms. The SMILES string of the molecule is O=C(c1cccc(S(=O)(=O)N2CCc3ccccc32)c1)N1CCN(CC2CCCCC2)CC1. The molecule has 0 bridgehead atoms. The van der Waals surface area contributed by atoms with Gasteiger partial charge in [-0.3, -0.25) is 14.0 Å². The standard InChI is InChI=1S/C26H33N3O3S/c30-26(28-17-15-27(16-18-28)20-21-7-2-1-3-8-21)23-10-6-11-24(19-23)33(31,32)29-14-13-22-9-4-5-12-25(22)29/h4-6,9-12,19,21H,1-3,7-8,13-18,20H2. The molecule has 6 nitrogen and oxygen atoms in total. The Morgan fingerprint density at radius 2 is 1.64 bits per heavy atom. The van der Waals surface area contributed by atoms with Gasteiger partial charge < -0.3 is 4.90 Å². The van der Waals surface area contributed by atoms with Crippen LogP contribution in [-0.2, 0) is 16.4 Å². The summed E-state index contributed by atoms with van der Waals surface area (Å²) in [7, 11) is -3.71. The number of carbonyl (C=O) groups is 1. The summed E-state index contributed by atoms with van der Waals surface area (Å²) in [4.78, 5) is 17.7. The van der Waals surface area contributed by atoms with E-state index in [-0.39, 0.29) is 10.8 Å². The number of sulfonamides is 1. The minimum Gasteiger partial charge on any atom is -0.336 e. The van der Waals surface area contributed by atoms with Gasteiger partial charge in [0.2, 0.25) is 0 Å². The van der Waals surface area contributed by atoms with Crippen molar-refractivity contribution in [3.05, 3.63) is 59.7 Å². The number of hydrogen-bond donors (Lipinski definition) is 0. The Morgan fingerprint density at radius 3 is 2.42 bits per heavy atom. The number of amides is 1. The lowest BCUT2D eigenvalue weighted by Crippen LogP contribution is -2.49. The van der Waals surface area contributed by atoms with Crippen molar-refractivity contribution in [1.82, 2.24) is 9.80 Å². The molecule has 3 aliphatic rings. The number of piperazine rings is 1. The third-order valence-electron chi connectivity index (χ3n) is 7.41. The molecule has 0 atom stereocenters. The molecule has 7 heteroatoms. The van der Waals surface area contributed by atoms with Gasteiger partial charge in [-0.1, -0.05) is 43.5 Å². The number of fused-ring (bicyclic) bond motifs is 1. The molecule has 2 aromatic rings. The maximum atomic E-state index is 13.4. The summed E-state index contributed by atoms with van der Waals surface area (Å²) in [6, 6.07) is 14.2. The number of nitrogens with zero attached hydrogens (tertiary/aromatic N) is 3. The van der Waals surface area contributed by atoms with Crippen molar-refractivity contribution in [3.8, 4) is 0 Å². The van der Waals surface area contributed by atoms with Gasteiger partial charge in [-0.05, 0) is 55.0 Å². The summed E-state index contributed by atoms with van der Waals surface area (Å²) in [6.07, 6.45) is 7.46. The largest absolute Gasteiger partial charge is 0.336 e. The van der Waals surface area contributed by atoms with Crippen molar-refractivity contribution >= 4 is 21.6 Å². The van der Waals surface area contributed by atoms with Crippen molar-refractivity contribution in [2.24, 2.45) is 5.92 Å². The lowest BCUT2D eigenvalue weighted by molar-refractivity contribution is 0.0606. The average molecular weight is 468 g/mol. The Kier molecular flexibility index (Phi) is 6.43. The maximum Gasteiger partial charge on any atom is 0.264 e. The highest BCUT2D eigenvalue weighted by molar-refractivity contribution is 7.92. The van der Waals surface area contributed by atoms with Crippen LogP contribution in [0.5, 0.6) is 0 Å². The molecule has 5 rings (SSSR count). The zero-order chi connectivity index (χ0) is 22.8. The second-order valence-corrected chi connectivity index (χ2v) is 11.4. The van der Waals surface area contributed by atoms with Gasteiger partial charge in [-0.15, -0.1) is 0 Å². The maximum absolute atomic E-state index is 13.4. The summed E-state index contributed by atoms with van der Waals surface area (Å²) in [5.41, 5.74) is 2.23. The fourth-order valence-electron chi connectivity index (χ4n) is 5.53. The van der Waals surface area contributed by atoms with Gasteiger partial charge in [0.15, 0.2) is 0 Å². The van der Waals surface area contributed by atoms with Crippen LogP contribution in [0.2, 0.25) is 0 Å². The van der Waals surface area contributed by atoms with Crippen LogP contribution < -0.4 is 4.31 Å². The first-order valence-electron chi connectivity index (χ1n) is 12.2. The smallest absolute Gasteiger partial charge is 0.264 e. The number of hydrogen-bond acceptors (Lipinski definition) is 4. The lowest BCUT2D eigenvalue weighted by atomic mass is 9.89. The first kappa shape index (κ1) is 22.4. The van der Waals surface area contributed by atoms with Gasteiger partial charge in [0.1, 0.15) is 0 Å². The molecule has 1 saturated carbocycles. The molecule has 1 amide bonds. The van der Waals surface area contributed by atoms with Gasteiger partial charge in [-0.25, -0.2) is 8.42 Å². The Labute approximate surface area is 197 Å². The van der Waals surface area contributed by atoms with E-state index in [1.54, 1.807) is 24.3 Å². The van der Waals surface area contributed by atoms with Crippen molar-refractivity contribution < 1.29 is 13.2 Å². The summed E-state index contributed by atoms with van der Waals surface area (Å²) in [5, 5.41) is 0. The predicted octanol–water partition coefficient (Wildman–Crippen LogP) is 3.78. The molecule has 1 aliphatic carbocycles. The molecule has 0 aromatic heterocycles. The number of carbonyl (C=O) groups excluding carboxylic acids is 1. The van der Waals surface area contributed by atoms with E-state index in [0.29, 0.717) is 31.6 Å². The average Bonchev–Trinajstić information content (AvgIpc) is 3.30. The topological polar surface area (TPSA) is 60.9 Å². The zero-order valence-electron chi connectivity index (χ0n) is 19.2. The third kappa shape index (κ3) is 4.66. The van der Waals surface area contributed by atoms with Crippen LogP contribution in [0.3, 0.4) is 0 Å². The summed E-state index contributed by atoms with van der Waals surface area (Å²) in [6.45, 7) is 4.76. The van der Waals surface area contributed by atoms with Crippen LogP contribution in [0.25, 0.3) is 0 Å². The van der Waals surface area contributed by atoms with E-state index in [1.807, 2.05) is 29.2 Å². The number of rotatable bonds is 5. The minimum absolute atomic E-state index is 0.0776. The van der Waals surface area contributed by atoms with Crippen LogP contribution in [-0.4, -0.2) is 63.4 Å². The van der Waals surface area contributed by atoms with Crippen molar-refractivity contribution in [2.75, 3.05) is 43.6 Å². The molecule has 2 aliphatic heterocycles. The van der Waals surface area contributed by atoms with Crippen molar-refractivity contribution in [2.45, 2.75) is 43.4 Å². The molecular formula is C26H33N3O3S. The van der Waals surface area contributed by atoms with Gasteiger partial charge in [0, 0.05) is 44.8 Å². The Hall–Kier alpha value is -2.38. The Balaban J connectivity index is 1.25. The zero-order valence-corrected chi connectivity index (χ0v) is 20.0. The van der Waals surface area contributed by atoms with E-state index in [0.717, 1.165) is 36.8 Å². The summed E-state index contributed by atoms with van der Waals surface area (Å²) in [5.74, 6) is 0.727. The van der Waals surface area contributed by atoms with E-state index in [9.17, 15) is 13.2 Å². The fraction of sp³-hybridized carbons (Fsp3) is 0.500. The molecular weight excluding hydrogens is 434 g/mol. The van der Waals surface area contributed by atoms with Gasteiger partial charge >= 0.3 is 0 Å². The normalized spacial score (nSPS) is 20.1. The first-order valence-corrected chi connectivity index (χ1v) is 13.7. The van der Waals surface area contributed by atoms with E-state index < -0.39 is 10.0 Å². The second-order valence-electron chi connectivity index (χ2n) is 9.58. The van der Waals surface area contributed by atoms with Crippen LogP contribution in [0.1, 0.15) is 48.0 Å². The monoisotopic (exact) mass is 467 g/mol. The fourth-order valence-corrected chi connectivity index (χ4v) is 7.08. The molecule has 0 unspecified atom stereocenters. The van der Waals surface area contributed by atoms with Crippen LogP contribution in [0.4, 0.5) is 5.69 Å². The third-order valence-corrected chi connectivity index (χ3v) is 9.22. The molecule has 0 N–H and O–H groups in total. The second kappa shape index (κ2) is 9.47. The Bertz CT molecular complexity index is 1100. The molecule has 1 saturated heterocycles. The van der Waals surface area contributed by atoms with E-state index in [4.69, 9.17) is 0 Å².